The van der Waals surface area contributed by atoms with Crippen LogP contribution in [0, 0.1) is 5.92 Å². The van der Waals surface area contributed by atoms with Gasteiger partial charge in [-0.05, 0) is 42.5 Å². The molecule has 84 valence electrons. The van der Waals surface area contributed by atoms with Crippen LogP contribution in [-0.4, -0.2) is 17.6 Å². The molecular weight excluding hydrogens is 243 g/mol. The third kappa shape index (κ3) is 1.75. The second-order valence-electron chi connectivity index (χ2n) is 4.41. The zero-order valence-electron chi connectivity index (χ0n) is 8.71. The zero-order valence-corrected chi connectivity index (χ0v) is 10.2. The van der Waals surface area contributed by atoms with Crippen molar-refractivity contribution >= 4 is 28.8 Å². The lowest BCUT2D eigenvalue weighted by Gasteiger charge is -2.08. The van der Waals surface area contributed by atoms with Crippen molar-refractivity contribution in [2.24, 2.45) is 5.92 Å². The quantitative estimate of drug-likeness (QED) is 0.780. The Bertz CT molecular complexity index is 456. The van der Waals surface area contributed by atoms with Gasteiger partial charge in [0.25, 0.3) is 0 Å². The van der Waals surface area contributed by atoms with Gasteiger partial charge in [-0.3, -0.25) is 0 Å². The van der Waals surface area contributed by atoms with E-state index in [1.807, 2.05) is 6.07 Å². The number of hydrogen-bond acceptors (Lipinski definition) is 2. The summed E-state index contributed by atoms with van der Waals surface area (Å²) in [5.74, 6) is 0.685. The molecule has 16 heavy (non-hydrogen) atoms. The van der Waals surface area contributed by atoms with E-state index < -0.39 is 0 Å². The van der Waals surface area contributed by atoms with Crippen molar-refractivity contribution in [1.29, 1.82) is 0 Å². The number of nitrogens with zero attached hydrogens (tertiary/aromatic N) is 1. The Hall–Kier alpha value is -0.570. The summed E-state index contributed by atoms with van der Waals surface area (Å²) >= 11 is 11.8. The highest BCUT2D eigenvalue weighted by Gasteiger charge is 2.31. The maximum atomic E-state index is 5.98. The topological polar surface area (TPSA) is 24.9 Å². The third-order valence-electron chi connectivity index (χ3n) is 3.42. The van der Waals surface area contributed by atoms with Gasteiger partial charge in [0.1, 0.15) is 5.15 Å². The minimum atomic E-state index is 0.377. The van der Waals surface area contributed by atoms with Gasteiger partial charge in [-0.2, -0.15) is 0 Å². The summed E-state index contributed by atoms with van der Waals surface area (Å²) < 4.78 is 0. The van der Waals surface area contributed by atoms with Crippen LogP contribution in [0.2, 0.25) is 10.2 Å². The van der Waals surface area contributed by atoms with Crippen LogP contribution in [0.1, 0.15) is 18.4 Å². The molecule has 2 atom stereocenters. The van der Waals surface area contributed by atoms with E-state index in [9.17, 15) is 0 Å². The predicted molar refractivity (Wildman–Crippen MR) is 66.7 cm³/mol. The van der Waals surface area contributed by atoms with Crippen molar-refractivity contribution in [2.75, 3.05) is 6.54 Å². The fraction of sp³-hybridized carbons (Fsp3) is 0.417. The van der Waals surface area contributed by atoms with E-state index in [0.717, 1.165) is 18.5 Å². The zero-order chi connectivity index (χ0) is 11.1. The molecule has 1 aliphatic heterocycles. The molecule has 1 aliphatic carbocycles. The molecule has 2 aliphatic rings. The molecule has 3 rings (SSSR count). The molecule has 0 radical (unpaired) electrons. The monoisotopic (exact) mass is 254 g/mol. The molecule has 4 heteroatoms. The molecule has 2 heterocycles. The van der Waals surface area contributed by atoms with E-state index in [1.165, 1.54) is 12.0 Å². The first-order valence-electron chi connectivity index (χ1n) is 5.49. The standard InChI is InChI=1S/C12H12Cl2N2/c13-10-4-9(6-16-12(10)14)8-3-7-1-2-15-11(7)5-8/h3-4,6-7,11,15H,1-2,5H2/t7-,11+/m0/s1. The van der Waals surface area contributed by atoms with Crippen LogP contribution in [0.5, 0.6) is 0 Å². The Balaban J connectivity index is 1.90. The van der Waals surface area contributed by atoms with E-state index in [0.29, 0.717) is 22.1 Å². The van der Waals surface area contributed by atoms with Gasteiger partial charge in [-0.25, -0.2) is 4.98 Å². The first-order valence-corrected chi connectivity index (χ1v) is 6.25. The van der Waals surface area contributed by atoms with Crippen LogP contribution in [0.3, 0.4) is 0 Å². The van der Waals surface area contributed by atoms with Gasteiger partial charge in [0.2, 0.25) is 0 Å². The fourth-order valence-corrected chi connectivity index (χ4v) is 2.85. The number of aromatic nitrogens is 1. The molecule has 1 fully saturated rings. The second kappa shape index (κ2) is 4.02. The van der Waals surface area contributed by atoms with Crippen molar-refractivity contribution in [3.8, 4) is 0 Å². The first kappa shape index (κ1) is 10.6. The molecule has 0 aromatic carbocycles. The number of rotatable bonds is 1. The van der Waals surface area contributed by atoms with Gasteiger partial charge in [0, 0.05) is 12.2 Å². The molecule has 0 unspecified atom stereocenters. The largest absolute Gasteiger partial charge is 0.313 e. The Morgan fingerprint density at radius 2 is 2.25 bits per heavy atom. The van der Waals surface area contributed by atoms with Gasteiger partial charge < -0.3 is 5.32 Å². The second-order valence-corrected chi connectivity index (χ2v) is 5.17. The maximum absolute atomic E-state index is 5.98. The minimum Gasteiger partial charge on any atom is -0.313 e. The first-order chi connectivity index (χ1) is 7.74. The van der Waals surface area contributed by atoms with Crippen LogP contribution in [0.4, 0.5) is 0 Å². The van der Waals surface area contributed by atoms with E-state index in [1.54, 1.807) is 6.20 Å². The summed E-state index contributed by atoms with van der Waals surface area (Å²) in [6.45, 7) is 1.14. The summed E-state index contributed by atoms with van der Waals surface area (Å²) in [6.07, 6.45) is 6.47. The Morgan fingerprint density at radius 3 is 3.00 bits per heavy atom. The minimum absolute atomic E-state index is 0.377. The molecule has 0 spiro atoms. The summed E-state index contributed by atoms with van der Waals surface area (Å²) in [4.78, 5) is 4.09. The normalized spacial score (nSPS) is 28.0. The summed E-state index contributed by atoms with van der Waals surface area (Å²) in [6, 6.07) is 2.52. The Kier molecular flexibility index (Phi) is 2.66. The fourth-order valence-electron chi connectivity index (χ4n) is 2.59. The number of halogens is 2. The summed E-state index contributed by atoms with van der Waals surface area (Å²) in [5.41, 5.74) is 2.44. The molecular formula is C12H12Cl2N2. The smallest absolute Gasteiger partial charge is 0.147 e. The average molecular weight is 255 g/mol. The number of hydrogen-bond donors (Lipinski definition) is 1. The van der Waals surface area contributed by atoms with E-state index in [4.69, 9.17) is 23.2 Å². The van der Waals surface area contributed by atoms with Gasteiger partial charge >= 0.3 is 0 Å². The van der Waals surface area contributed by atoms with Gasteiger partial charge in [-0.1, -0.05) is 29.3 Å². The third-order valence-corrected chi connectivity index (χ3v) is 4.11. The highest BCUT2D eigenvalue weighted by atomic mass is 35.5. The average Bonchev–Trinajstić information content (AvgIpc) is 2.81. The van der Waals surface area contributed by atoms with Crippen molar-refractivity contribution in [2.45, 2.75) is 18.9 Å². The van der Waals surface area contributed by atoms with Crippen LogP contribution < -0.4 is 5.32 Å². The van der Waals surface area contributed by atoms with Crippen LogP contribution in [-0.2, 0) is 0 Å². The lowest BCUT2D eigenvalue weighted by molar-refractivity contribution is 0.563. The van der Waals surface area contributed by atoms with Crippen LogP contribution >= 0.6 is 23.2 Å². The van der Waals surface area contributed by atoms with Crippen molar-refractivity contribution < 1.29 is 0 Å². The van der Waals surface area contributed by atoms with E-state index in [-0.39, 0.29) is 0 Å². The Morgan fingerprint density at radius 1 is 1.38 bits per heavy atom. The molecule has 1 N–H and O–H groups in total. The number of fused-ring (bicyclic) bond motifs is 1. The molecule has 0 amide bonds. The number of pyridine rings is 1. The summed E-state index contributed by atoms with van der Waals surface area (Å²) in [7, 11) is 0. The molecule has 1 saturated heterocycles. The molecule has 0 saturated carbocycles. The highest BCUT2D eigenvalue weighted by Crippen LogP contribution is 2.37. The summed E-state index contributed by atoms with van der Waals surface area (Å²) in [5, 5.41) is 4.42. The van der Waals surface area contributed by atoms with Gasteiger partial charge in [-0.15, -0.1) is 0 Å². The molecule has 1 aromatic heterocycles. The predicted octanol–water partition coefficient (Wildman–Crippen LogP) is 3.15. The van der Waals surface area contributed by atoms with Crippen LogP contribution in [0.25, 0.3) is 5.57 Å². The van der Waals surface area contributed by atoms with E-state index >= 15 is 0 Å². The maximum Gasteiger partial charge on any atom is 0.147 e. The molecule has 1 aromatic rings. The number of nitrogens with one attached hydrogen (secondary N) is 1. The lowest BCUT2D eigenvalue weighted by Crippen LogP contribution is -2.22. The SMILES string of the molecule is Clc1cc(C2=C[C@@H]3CCN[C@@H]3C2)cnc1Cl. The molecule has 0 bridgehead atoms. The van der Waals surface area contributed by atoms with Crippen molar-refractivity contribution in [3.63, 3.8) is 0 Å². The van der Waals surface area contributed by atoms with Crippen molar-refractivity contribution in [1.82, 2.24) is 10.3 Å². The van der Waals surface area contributed by atoms with Gasteiger partial charge in [0.15, 0.2) is 0 Å². The highest BCUT2D eigenvalue weighted by molar-refractivity contribution is 6.41. The van der Waals surface area contributed by atoms with Gasteiger partial charge in [0.05, 0.1) is 5.02 Å². The Labute approximate surface area is 105 Å². The van der Waals surface area contributed by atoms with Crippen molar-refractivity contribution in [3.05, 3.63) is 34.1 Å². The van der Waals surface area contributed by atoms with E-state index in [2.05, 4.69) is 16.4 Å². The molecule has 2 nitrogen and oxygen atoms in total. The van der Waals surface area contributed by atoms with Crippen LogP contribution in [0.15, 0.2) is 18.3 Å². The lowest BCUT2D eigenvalue weighted by atomic mass is 10.1.